The zero-order chi connectivity index (χ0) is 27.5. The molecule has 1 heterocycles. The Labute approximate surface area is 240 Å². The Morgan fingerprint density at radius 3 is 1.24 bits per heavy atom. The molecule has 224 valence electrons. The van der Waals surface area contributed by atoms with Gasteiger partial charge in [0, 0.05) is 24.4 Å². The van der Waals surface area contributed by atoms with Crippen LogP contribution >= 0.6 is 0 Å². The van der Waals surface area contributed by atoms with Crippen molar-refractivity contribution in [1.29, 1.82) is 0 Å². The molecule has 2 heteroatoms. The summed E-state index contributed by atoms with van der Waals surface area (Å²) in [5.74, 6) is 1.91. The molecule has 1 aromatic rings. The van der Waals surface area contributed by atoms with Crippen molar-refractivity contribution in [2.45, 2.75) is 213 Å². The van der Waals surface area contributed by atoms with Gasteiger partial charge in [0.25, 0.3) is 0 Å². The smallest absolute Gasteiger partial charge is 0.111 e. The van der Waals surface area contributed by atoms with Crippen molar-refractivity contribution in [2.75, 3.05) is 0 Å². The van der Waals surface area contributed by atoms with Crippen LogP contribution in [0.15, 0.2) is 12.4 Å². The van der Waals surface area contributed by atoms with Crippen LogP contribution in [0.2, 0.25) is 0 Å². The lowest BCUT2D eigenvalue weighted by atomic mass is 10.00. The minimum Gasteiger partial charge on any atom is -0.332 e. The monoisotopic (exact) mass is 531 g/mol. The summed E-state index contributed by atoms with van der Waals surface area (Å²) in [6.07, 6.45) is 42.6. The minimum atomic E-state index is 0.586. The van der Waals surface area contributed by atoms with Crippen molar-refractivity contribution in [3.63, 3.8) is 0 Å². The zero-order valence-electron chi connectivity index (χ0n) is 26.8. The van der Waals surface area contributed by atoms with Crippen LogP contribution in [-0.2, 0) is 0 Å². The lowest BCUT2D eigenvalue weighted by Crippen LogP contribution is -2.11. The fourth-order valence-corrected chi connectivity index (χ4v) is 6.10. The molecule has 0 bridgehead atoms. The second kappa shape index (κ2) is 26.4. The highest BCUT2D eigenvalue weighted by Crippen LogP contribution is 2.26. The molecule has 2 atom stereocenters. The van der Waals surface area contributed by atoms with Crippen molar-refractivity contribution in [2.24, 2.45) is 0 Å². The first kappa shape index (κ1) is 35.2. The van der Waals surface area contributed by atoms with E-state index in [0.29, 0.717) is 12.0 Å². The molecule has 0 saturated heterocycles. The standard InChI is InChI=1S/C36H70N2/c1-5-7-9-11-13-15-17-18-19-20-21-23-25-27-29-31-35(4)38-33-32-37-36(38)34(3)30-28-26-24-22-16-14-12-10-8-6-2/h32-35H,5-31H2,1-4H3. The molecule has 2 nitrogen and oxygen atoms in total. The molecule has 0 fully saturated rings. The summed E-state index contributed by atoms with van der Waals surface area (Å²) in [4.78, 5) is 4.79. The third-order valence-corrected chi connectivity index (χ3v) is 8.83. The third kappa shape index (κ3) is 19.3. The maximum atomic E-state index is 4.79. The second-order valence-electron chi connectivity index (χ2n) is 12.7. The van der Waals surface area contributed by atoms with E-state index in [1.54, 1.807) is 0 Å². The van der Waals surface area contributed by atoms with Crippen LogP contribution < -0.4 is 0 Å². The maximum Gasteiger partial charge on any atom is 0.111 e. The normalized spacial score (nSPS) is 13.3. The highest BCUT2D eigenvalue weighted by molar-refractivity contribution is 5.01. The number of unbranched alkanes of at least 4 members (excludes halogenated alkanes) is 23. The molecule has 0 aliphatic rings. The molecule has 0 aliphatic heterocycles. The summed E-state index contributed by atoms with van der Waals surface area (Å²) in [5.41, 5.74) is 0. The SMILES string of the molecule is CCCCCCCCCCCCCCCCCC(C)n1ccnc1C(C)CCCCCCCCCCCC. The summed E-state index contributed by atoms with van der Waals surface area (Å²) >= 11 is 0. The van der Waals surface area contributed by atoms with Crippen LogP contribution in [0.1, 0.15) is 219 Å². The van der Waals surface area contributed by atoms with Gasteiger partial charge in [0.15, 0.2) is 0 Å². The quantitative estimate of drug-likeness (QED) is 0.0941. The average Bonchev–Trinajstić information content (AvgIpc) is 3.42. The Hall–Kier alpha value is -0.790. The Morgan fingerprint density at radius 1 is 0.500 bits per heavy atom. The predicted octanol–water partition coefficient (Wildman–Crippen LogP) is 13.1. The Kier molecular flexibility index (Phi) is 24.5. The molecule has 0 amide bonds. The molecular formula is C36H70N2. The van der Waals surface area contributed by atoms with Crippen molar-refractivity contribution in [3.8, 4) is 0 Å². The zero-order valence-corrected chi connectivity index (χ0v) is 26.8. The topological polar surface area (TPSA) is 17.8 Å². The van der Waals surface area contributed by atoms with Gasteiger partial charge < -0.3 is 4.57 Å². The van der Waals surface area contributed by atoms with E-state index in [-0.39, 0.29) is 0 Å². The van der Waals surface area contributed by atoms with Gasteiger partial charge in [0.2, 0.25) is 0 Å². The summed E-state index contributed by atoms with van der Waals surface area (Å²) in [5, 5.41) is 0. The number of hydrogen-bond donors (Lipinski definition) is 0. The maximum absolute atomic E-state index is 4.79. The molecule has 0 spiro atoms. The Balaban J connectivity index is 2.00. The lowest BCUT2D eigenvalue weighted by Gasteiger charge is -2.20. The van der Waals surface area contributed by atoms with E-state index >= 15 is 0 Å². The Bertz CT molecular complexity index is 592. The predicted molar refractivity (Wildman–Crippen MR) is 171 cm³/mol. The van der Waals surface area contributed by atoms with E-state index in [4.69, 9.17) is 4.98 Å². The van der Waals surface area contributed by atoms with Gasteiger partial charge >= 0.3 is 0 Å². The average molecular weight is 531 g/mol. The van der Waals surface area contributed by atoms with Crippen LogP contribution in [0.4, 0.5) is 0 Å². The van der Waals surface area contributed by atoms with E-state index in [1.807, 2.05) is 6.20 Å². The van der Waals surface area contributed by atoms with E-state index < -0.39 is 0 Å². The number of rotatable bonds is 29. The fourth-order valence-electron chi connectivity index (χ4n) is 6.10. The molecule has 0 saturated carbocycles. The van der Waals surface area contributed by atoms with E-state index in [0.717, 1.165) is 0 Å². The molecule has 0 aromatic carbocycles. The minimum absolute atomic E-state index is 0.586. The van der Waals surface area contributed by atoms with Crippen LogP contribution in [-0.4, -0.2) is 9.55 Å². The van der Waals surface area contributed by atoms with Gasteiger partial charge in [0.05, 0.1) is 0 Å². The van der Waals surface area contributed by atoms with Crippen LogP contribution in [0.5, 0.6) is 0 Å². The van der Waals surface area contributed by atoms with Gasteiger partial charge in [-0.25, -0.2) is 4.98 Å². The molecule has 2 unspecified atom stereocenters. The van der Waals surface area contributed by atoms with E-state index in [2.05, 4.69) is 38.5 Å². The largest absolute Gasteiger partial charge is 0.332 e. The van der Waals surface area contributed by atoms with Gasteiger partial charge in [-0.3, -0.25) is 0 Å². The summed E-state index contributed by atoms with van der Waals surface area (Å²) in [7, 11) is 0. The molecule has 38 heavy (non-hydrogen) atoms. The van der Waals surface area contributed by atoms with Gasteiger partial charge in [-0.2, -0.15) is 0 Å². The summed E-state index contributed by atoms with van der Waals surface area (Å²) in [6, 6.07) is 0.588. The molecule has 0 N–H and O–H groups in total. The third-order valence-electron chi connectivity index (χ3n) is 8.83. The first-order valence-corrected chi connectivity index (χ1v) is 17.7. The van der Waals surface area contributed by atoms with Crippen molar-refractivity contribution < 1.29 is 0 Å². The van der Waals surface area contributed by atoms with Crippen LogP contribution in [0.3, 0.4) is 0 Å². The van der Waals surface area contributed by atoms with Gasteiger partial charge in [0.1, 0.15) is 5.82 Å². The number of nitrogens with zero attached hydrogens (tertiary/aromatic N) is 2. The number of hydrogen-bond acceptors (Lipinski definition) is 1. The molecular weight excluding hydrogens is 460 g/mol. The van der Waals surface area contributed by atoms with E-state index in [9.17, 15) is 0 Å². The first-order chi connectivity index (χ1) is 18.7. The fraction of sp³-hybridized carbons (Fsp3) is 0.917. The second-order valence-corrected chi connectivity index (χ2v) is 12.7. The molecule has 1 aromatic heterocycles. The highest BCUT2D eigenvalue weighted by Gasteiger charge is 2.15. The Morgan fingerprint density at radius 2 is 0.842 bits per heavy atom. The van der Waals surface area contributed by atoms with Gasteiger partial charge in [-0.1, -0.05) is 181 Å². The van der Waals surface area contributed by atoms with Crippen LogP contribution in [0.25, 0.3) is 0 Å². The first-order valence-electron chi connectivity index (χ1n) is 17.7. The van der Waals surface area contributed by atoms with E-state index in [1.165, 1.54) is 179 Å². The van der Waals surface area contributed by atoms with Crippen LogP contribution in [0, 0.1) is 0 Å². The summed E-state index contributed by atoms with van der Waals surface area (Å²) in [6.45, 7) is 9.41. The molecule has 0 aliphatic carbocycles. The highest BCUT2D eigenvalue weighted by atomic mass is 15.1. The molecule has 1 rings (SSSR count). The van der Waals surface area contributed by atoms with Gasteiger partial charge in [-0.05, 0) is 19.8 Å². The van der Waals surface area contributed by atoms with Crippen molar-refractivity contribution in [1.82, 2.24) is 9.55 Å². The van der Waals surface area contributed by atoms with Crippen molar-refractivity contribution >= 4 is 0 Å². The van der Waals surface area contributed by atoms with Gasteiger partial charge in [-0.15, -0.1) is 0 Å². The summed E-state index contributed by atoms with van der Waals surface area (Å²) < 4.78 is 2.49. The molecule has 0 radical (unpaired) electrons. The number of imidazole rings is 1. The lowest BCUT2D eigenvalue weighted by molar-refractivity contribution is 0.435. The van der Waals surface area contributed by atoms with Crippen molar-refractivity contribution in [3.05, 3.63) is 18.2 Å². The number of aromatic nitrogens is 2.